The molecule has 0 saturated carbocycles. The summed E-state index contributed by atoms with van der Waals surface area (Å²) in [5.41, 5.74) is 2.54. The van der Waals surface area contributed by atoms with Gasteiger partial charge in [-0.25, -0.2) is 9.97 Å². The van der Waals surface area contributed by atoms with E-state index in [-0.39, 0.29) is 11.5 Å². The van der Waals surface area contributed by atoms with Gasteiger partial charge in [0.2, 0.25) is 5.91 Å². The second kappa shape index (κ2) is 8.68. The second-order valence-corrected chi connectivity index (χ2v) is 7.04. The van der Waals surface area contributed by atoms with Crippen molar-refractivity contribution in [3.63, 3.8) is 0 Å². The van der Waals surface area contributed by atoms with Crippen molar-refractivity contribution in [2.45, 2.75) is 32.1 Å². The summed E-state index contributed by atoms with van der Waals surface area (Å²) >= 11 is 0. The van der Waals surface area contributed by atoms with Crippen LogP contribution in [-0.4, -0.2) is 32.4 Å². The van der Waals surface area contributed by atoms with Gasteiger partial charge in [-0.05, 0) is 37.1 Å². The summed E-state index contributed by atoms with van der Waals surface area (Å²) in [6.07, 6.45) is 3.21. The minimum Gasteiger partial charge on any atom is -0.356 e. The maximum Gasteiger partial charge on any atom is 0.258 e. The Morgan fingerprint density at radius 2 is 1.55 bits per heavy atom. The van der Waals surface area contributed by atoms with E-state index in [1.807, 2.05) is 42.5 Å². The molecule has 3 N–H and O–H groups in total. The predicted molar refractivity (Wildman–Crippen MR) is 113 cm³/mol. The summed E-state index contributed by atoms with van der Waals surface area (Å²) in [6, 6.07) is 15.2. The van der Waals surface area contributed by atoms with E-state index in [9.17, 15) is 9.59 Å². The highest BCUT2D eigenvalue weighted by atomic mass is 16.1. The molecule has 0 spiro atoms. The summed E-state index contributed by atoms with van der Waals surface area (Å²) in [6.45, 7) is 0.612. The molecular formula is C22H23N5O2. The number of benzene rings is 2. The summed E-state index contributed by atoms with van der Waals surface area (Å²) in [5, 5.41) is 3.52. The predicted octanol–water partition coefficient (Wildman–Crippen LogP) is 2.87. The third-order valence-corrected chi connectivity index (χ3v) is 4.83. The molecule has 148 valence electrons. The number of nitrogens with one attached hydrogen (secondary N) is 3. The maximum atomic E-state index is 12.1. The quantitative estimate of drug-likeness (QED) is 0.403. The molecule has 4 aromatic rings. The van der Waals surface area contributed by atoms with Crippen LogP contribution < -0.4 is 10.9 Å². The van der Waals surface area contributed by atoms with Crippen LogP contribution in [-0.2, 0) is 17.6 Å². The van der Waals surface area contributed by atoms with Crippen molar-refractivity contribution >= 4 is 27.8 Å². The number of para-hydroxylation sites is 3. The third-order valence-electron chi connectivity index (χ3n) is 4.83. The van der Waals surface area contributed by atoms with Crippen LogP contribution in [0.25, 0.3) is 21.9 Å². The Morgan fingerprint density at radius 1 is 0.862 bits per heavy atom. The fourth-order valence-corrected chi connectivity index (χ4v) is 3.37. The number of H-pyrrole nitrogens is 2. The summed E-state index contributed by atoms with van der Waals surface area (Å²) < 4.78 is 0. The molecule has 1 amide bonds. The lowest BCUT2D eigenvalue weighted by Crippen LogP contribution is -2.24. The van der Waals surface area contributed by atoms with Crippen LogP contribution in [0.3, 0.4) is 0 Å². The first kappa shape index (κ1) is 18.9. The lowest BCUT2D eigenvalue weighted by Gasteiger charge is -2.05. The molecule has 7 heteroatoms. The number of amides is 1. The average Bonchev–Trinajstić information content (AvgIpc) is 3.14. The van der Waals surface area contributed by atoms with E-state index in [0.717, 1.165) is 29.7 Å². The van der Waals surface area contributed by atoms with Gasteiger partial charge in [0.25, 0.3) is 5.56 Å². The van der Waals surface area contributed by atoms with Crippen LogP contribution in [0.15, 0.2) is 53.3 Å². The number of hydrogen-bond acceptors (Lipinski definition) is 4. The van der Waals surface area contributed by atoms with E-state index in [1.54, 1.807) is 6.07 Å². The maximum absolute atomic E-state index is 12.1. The highest BCUT2D eigenvalue weighted by Crippen LogP contribution is 2.11. The van der Waals surface area contributed by atoms with Gasteiger partial charge in [-0.3, -0.25) is 9.59 Å². The number of carbonyl (C=O) groups excluding carboxylic acids is 1. The Morgan fingerprint density at radius 3 is 2.41 bits per heavy atom. The van der Waals surface area contributed by atoms with Gasteiger partial charge >= 0.3 is 0 Å². The molecule has 0 aliphatic rings. The van der Waals surface area contributed by atoms with Crippen molar-refractivity contribution < 1.29 is 4.79 Å². The molecular weight excluding hydrogens is 366 g/mol. The average molecular weight is 389 g/mol. The number of aromatic amines is 2. The largest absolute Gasteiger partial charge is 0.356 e. The number of hydrogen-bond donors (Lipinski definition) is 3. The van der Waals surface area contributed by atoms with Crippen molar-refractivity contribution in [2.24, 2.45) is 0 Å². The standard InChI is InChI=1S/C22H23N5O2/c28-21(23-14-6-12-19-25-17-9-3-4-10-18(17)26-19)13-5-11-20-24-16-8-2-1-7-15(16)22(29)27-20/h1-4,7-10H,5-6,11-14H2,(H,23,28)(H,25,26)(H,24,27,29). The summed E-state index contributed by atoms with van der Waals surface area (Å²) in [4.78, 5) is 39.2. The molecule has 29 heavy (non-hydrogen) atoms. The lowest BCUT2D eigenvalue weighted by molar-refractivity contribution is -0.121. The number of aryl methyl sites for hydroxylation is 2. The van der Waals surface area contributed by atoms with E-state index in [1.165, 1.54) is 0 Å². The molecule has 7 nitrogen and oxygen atoms in total. The fourth-order valence-electron chi connectivity index (χ4n) is 3.37. The SMILES string of the molecule is O=C(CCCc1nc2ccccc2c(=O)[nH]1)NCCCc1nc2ccccc2[nH]1. The normalized spacial score (nSPS) is 11.2. The van der Waals surface area contributed by atoms with Crippen molar-refractivity contribution in [1.82, 2.24) is 25.3 Å². The Hall–Kier alpha value is -3.48. The van der Waals surface area contributed by atoms with E-state index in [2.05, 4.69) is 25.3 Å². The van der Waals surface area contributed by atoms with Gasteiger partial charge in [-0.2, -0.15) is 0 Å². The Bertz CT molecular complexity index is 1160. The topological polar surface area (TPSA) is 104 Å². The van der Waals surface area contributed by atoms with Gasteiger partial charge in [-0.1, -0.05) is 24.3 Å². The summed E-state index contributed by atoms with van der Waals surface area (Å²) in [5.74, 6) is 1.57. The number of nitrogens with zero attached hydrogens (tertiary/aromatic N) is 2. The van der Waals surface area contributed by atoms with Crippen LogP contribution in [0.4, 0.5) is 0 Å². The van der Waals surface area contributed by atoms with E-state index < -0.39 is 0 Å². The van der Waals surface area contributed by atoms with E-state index in [4.69, 9.17) is 0 Å². The zero-order chi connectivity index (χ0) is 20.1. The van der Waals surface area contributed by atoms with Crippen molar-refractivity contribution in [2.75, 3.05) is 6.54 Å². The molecule has 0 radical (unpaired) electrons. The highest BCUT2D eigenvalue weighted by molar-refractivity contribution is 5.77. The van der Waals surface area contributed by atoms with Crippen molar-refractivity contribution in [1.29, 1.82) is 0 Å². The monoisotopic (exact) mass is 389 g/mol. The zero-order valence-corrected chi connectivity index (χ0v) is 16.1. The van der Waals surface area contributed by atoms with E-state index >= 15 is 0 Å². The minimum absolute atomic E-state index is 0.0118. The molecule has 2 heterocycles. The molecule has 0 aliphatic heterocycles. The van der Waals surface area contributed by atoms with Crippen LogP contribution in [0.5, 0.6) is 0 Å². The third kappa shape index (κ3) is 4.68. The molecule has 0 saturated heterocycles. The Labute approximate surface area is 167 Å². The number of rotatable bonds is 8. The molecule has 0 bridgehead atoms. The molecule has 4 rings (SSSR count). The van der Waals surface area contributed by atoms with Crippen LogP contribution >= 0.6 is 0 Å². The first-order valence-corrected chi connectivity index (χ1v) is 9.87. The van der Waals surface area contributed by atoms with Crippen LogP contribution in [0.2, 0.25) is 0 Å². The number of aromatic nitrogens is 4. The van der Waals surface area contributed by atoms with Gasteiger partial charge in [-0.15, -0.1) is 0 Å². The van der Waals surface area contributed by atoms with Gasteiger partial charge in [0.05, 0.1) is 21.9 Å². The first-order valence-electron chi connectivity index (χ1n) is 9.87. The number of imidazole rings is 1. The molecule has 2 aromatic heterocycles. The Balaban J connectivity index is 1.19. The van der Waals surface area contributed by atoms with Crippen LogP contribution in [0.1, 0.15) is 30.9 Å². The molecule has 2 aromatic carbocycles. The number of carbonyl (C=O) groups is 1. The van der Waals surface area contributed by atoms with Gasteiger partial charge in [0.15, 0.2) is 0 Å². The molecule has 0 atom stereocenters. The van der Waals surface area contributed by atoms with Crippen molar-refractivity contribution in [3.8, 4) is 0 Å². The number of fused-ring (bicyclic) bond motifs is 2. The van der Waals surface area contributed by atoms with Crippen molar-refractivity contribution in [3.05, 3.63) is 70.5 Å². The zero-order valence-electron chi connectivity index (χ0n) is 16.1. The fraction of sp³-hybridized carbons (Fsp3) is 0.273. The molecule has 0 fully saturated rings. The van der Waals surface area contributed by atoms with Gasteiger partial charge in [0, 0.05) is 25.8 Å². The first-order chi connectivity index (χ1) is 14.2. The highest BCUT2D eigenvalue weighted by Gasteiger charge is 2.06. The second-order valence-electron chi connectivity index (χ2n) is 7.04. The Kier molecular flexibility index (Phi) is 5.65. The van der Waals surface area contributed by atoms with E-state index in [0.29, 0.717) is 42.5 Å². The molecule has 0 aliphatic carbocycles. The molecule has 0 unspecified atom stereocenters. The minimum atomic E-state index is -0.138. The lowest BCUT2D eigenvalue weighted by atomic mass is 10.2. The van der Waals surface area contributed by atoms with Crippen LogP contribution in [0, 0.1) is 0 Å². The summed E-state index contributed by atoms with van der Waals surface area (Å²) in [7, 11) is 0. The smallest absolute Gasteiger partial charge is 0.258 e. The van der Waals surface area contributed by atoms with Gasteiger partial charge < -0.3 is 15.3 Å². The van der Waals surface area contributed by atoms with Gasteiger partial charge in [0.1, 0.15) is 11.6 Å².